The molecule has 0 radical (unpaired) electrons. The molecule has 0 spiro atoms. The van der Waals surface area contributed by atoms with Crippen molar-refractivity contribution in [3.8, 4) is 0 Å². The third-order valence-electron chi connectivity index (χ3n) is 0.675. The van der Waals surface area contributed by atoms with Crippen LogP contribution in [-0.2, 0) is 4.79 Å². The van der Waals surface area contributed by atoms with Gasteiger partial charge in [-0.25, -0.2) is 0 Å². The van der Waals surface area contributed by atoms with E-state index in [1.807, 2.05) is 0 Å². The van der Waals surface area contributed by atoms with Crippen molar-refractivity contribution in [2.75, 3.05) is 12.4 Å². The zero-order chi connectivity index (χ0) is 7.11. The Hall–Kier alpha value is -0.500. The van der Waals surface area contributed by atoms with Crippen molar-refractivity contribution in [1.29, 1.82) is 0 Å². The van der Waals surface area contributed by atoms with Crippen LogP contribution < -0.4 is 5.32 Å². The summed E-state index contributed by atoms with van der Waals surface area (Å²) in [5.41, 5.74) is 0. The third-order valence-corrected chi connectivity index (χ3v) is 0.864. The summed E-state index contributed by atoms with van der Waals surface area (Å²) in [5.74, 6) is 0.597. The average Bonchev–Trinajstić information content (AvgIpc) is 1.80. The first kappa shape index (κ1) is 8.50. The monoisotopic (exact) mass is 147 g/mol. The van der Waals surface area contributed by atoms with Crippen LogP contribution in [0.1, 0.15) is 6.92 Å². The van der Waals surface area contributed by atoms with Crippen molar-refractivity contribution in [2.24, 2.45) is 0 Å². The Morgan fingerprint density at radius 2 is 2.44 bits per heavy atom. The molecule has 9 heavy (non-hydrogen) atoms. The van der Waals surface area contributed by atoms with E-state index in [0.717, 1.165) is 0 Å². The van der Waals surface area contributed by atoms with Gasteiger partial charge in [0, 0.05) is 12.4 Å². The van der Waals surface area contributed by atoms with Gasteiger partial charge in [-0.1, -0.05) is 0 Å². The maximum Gasteiger partial charge on any atom is 0.154 e. The molecule has 0 aromatic heterocycles. The molecule has 0 atom stereocenters. The zero-order valence-corrected chi connectivity index (χ0v) is 6.11. The lowest BCUT2D eigenvalue weighted by Gasteiger charge is -1.91. The number of allylic oxidation sites excluding steroid dienone is 1. The normalized spacial score (nSPS) is 10.0. The predicted octanol–water partition coefficient (Wildman–Crippen LogP) is 0.917. The van der Waals surface area contributed by atoms with Crippen LogP contribution in [0.3, 0.4) is 0 Å². The quantitative estimate of drug-likeness (QED) is 0.364. The minimum absolute atomic E-state index is 0.0390. The largest absolute Gasteiger partial charge is 0.390 e. The molecule has 2 nitrogen and oxygen atoms in total. The number of carbonyl (C=O) groups is 1. The molecule has 52 valence electrons. The minimum atomic E-state index is 0.0390. The van der Waals surface area contributed by atoms with Gasteiger partial charge >= 0.3 is 0 Å². The minimum Gasteiger partial charge on any atom is -0.390 e. The SMILES string of the molecule is CC(=O)C=CNCCCl. The molecular formula is C6H10ClNO. The van der Waals surface area contributed by atoms with Crippen LogP contribution >= 0.6 is 11.6 Å². The van der Waals surface area contributed by atoms with Crippen molar-refractivity contribution < 1.29 is 4.79 Å². The summed E-state index contributed by atoms with van der Waals surface area (Å²) in [6.45, 7) is 2.20. The highest BCUT2D eigenvalue weighted by atomic mass is 35.5. The maximum atomic E-state index is 10.2. The highest BCUT2D eigenvalue weighted by Crippen LogP contribution is 1.72. The number of halogens is 1. The molecule has 0 aromatic rings. The number of nitrogens with one attached hydrogen (secondary N) is 1. The molecule has 1 N–H and O–H groups in total. The number of alkyl halides is 1. The molecule has 0 saturated carbocycles. The topological polar surface area (TPSA) is 29.1 Å². The fraction of sp³-hybridized carbons (Fsp3) is 0.500. The molecule has 0 rings (SSSR count). The van der Waals surface area contributed by atoms with Gasteiger partial charge in [0.05, 0.1) is 0 Å². The van der Waals surface area contributed by atoms with Crippen molar-refractivity contribution >= 4 is 17.4 Å². The van der Waals surface area contributed by atoms with Gasteiger partial charge in [0.1, 0.15) is 0 Å². The Morgan fingerprint density at radius 3 is 2.89 bits per heavy atom. The van der Waals surface area contributed by atoms with Gasteiger partial charge in [0.15, 0.2) is 5.78 Å². The van der Waals surface area contributed by atoms with Crippen LogP contribution in [-0.4, -0.2) is 18.2 Å². The van der Waals surface area contributed by atoms with Gasteiger partial charge < -0.3 is 5.32 Å². The lowest BCUT2D eigenvalue weighted by Crippen LogP contribution is -2.08. The molecule has 0 aromatic carbocycles. The van der Waals surface area contributed by atoms with Crippen LogP contribution in [0.5, 0.6) is 0 Å². The van der Waals surface area contributed by atoms with Gasteiger partial charge in [-0.2, -0.15) is 0 Å². The van der Waals surface area contributed by atoms with E-state index in [4.69, 9.17) is 11.6 Å². The standard InChI is InChI=1S/C6H10ClNO/c1-6(9)2-4-8-5-3-7/h2,4,8H,3,5H2,1H3. The first-order valence-corrected chi connectivity index (χ1v) is 3.27. The number of rotatable bonds is 4. The number of carbonyl (C=O) groups excluding carboxylic acids is 1. The molecule has 0 heterocycles. The summed E-state index contributed by atoms with van der Waals surface area (Å²) in [4.78, 5) is 10.2. The van der Waals surface area contributed by atoms with Gasteiger partial charge in [0.2, 0.25) is 0 Å². The van der Waals surface area contributed by atoms with E-state index in [1.165, 1.54) is 13.0 Å². The van der Waals surface area contributed by atoms with E-state index in [2.05, 4.69) is 5.32 Å². The molecule has 0 saturated heterocycles. The molecule has 0 unspecified atom stereocenters. The first-order chi connectivity index (χ1) is 4.27. The Labute approximate surface area is 59.9 Å². The number of hydrogen-bond donors (Lipinski definition) is 1. The van der Waals surface area contributed by atoms with Gasteiger partial charge in [0.25, 0.3) is 0 Å². The number of hydrogen-bond acceptors (Lipinski definition) is 2. The molecule has 0 amide bonds. The van der Waals surface area contributed by atoms with Crippen molar-refractivity contribution in [2.45, 2.75) is 6.92 Å². The fourth-order valence-electron chi connectivity index (χ4n) is 0.314. The second kappa shape index (κ2) is 5.63. The van der Waals surface area contributed by atoms with Crippen LogP contribution in [0.4, 0.5) is 0 Å². The lowest BCUT2D eigenvalue weighted by atomic mass is 10.4. The summed E-state index contributed by atoms with van der Waals surface area (Å²) in [5, 5.41) is 2.83. The van der Waals surface area contributed by atoms with Crippen LogP contribution in [0, 0.1) is 0 Å². The molecule has 0 bridgehead atoms. The smallest absolute Gasteiger partial charge is 0.154 e. The Bertz CT molecular complexity index is 112. The van der Waals surface area contributed by atoms with Crippen molar-refractivity contribution in [3.63, 3.8) is 0 Å². The second-order valence-corrected chi connectivity index (χ2v) is 1.97. The maximum absolute atomic E-state index is 10.2. The van der Waals surface area contributed by atoms with Gasteiger partial charge in [-0.05, 0) is 19.2 Å². The Kier molecular flexibility index (Phi) is 5.32. The highest BCUT2D eigenvalue weighted by Gasteiger charge is 1.79. The van der Waals surface area contributed by atoms with E-state index >= 15 is 0 Å². The van der Waals surface area contributed by atoms with Gasteiger partial charge in [-0.3, -0.25) is 4.79 Å². The van der Waals surface area contributed by atoms with E-state index in [9.17, 15) is 4.79 Å². The summed E-state index contributed by atoms with van der Waals surface area (Å²) in [6.07, 6.45) is 3.07. The first-order valence-electron chi connectivity index (χ1n) is 2.74. The zero-order valence-electron chi connectivity index (χ0n) is 5.36. The van der Waals surface area contributed by atoms with E-state index < -0.39 is 0 Å². The molecule has 3 heteroatoms. The Balaban J connectivity index is 3.15. The second-order valence-electron chi connectivity index (χ2n) is 1.59. The number of ketones is 1. The van der Waals surface area contributed by atoms with E-state index in [0.29, 0.717) is 12.4 Å². The highest BCUT2D eigenvalue weighted by molar-refractivity contribution is 6.18. The molecule has 0 aliphatic heterocycles. The van der Waals surface area contributed by atoms with Crippen molar-refractivity contribution in [1.82, 2.24) is 5.32 Å². The molecular weight excluding hydrogens is 138 g/mol. The summed E-state index contributed by atoms with van der Waals surface area (Å²) < 4.78 is 0. The third kappa shape index (κ3) is 7.50. The van der Waals surface area contributed by atoms with Crippen LogP contribution in [0.25, 0.3) is 0 Å². The lowest BCUT2D eigenvalue weighted by molar-refractivity contribution is -0.112. The van der Waals surface area contributed by atoms with E-state index in [1.54, 1.807) is 6.20 Å². The van der Waals surface area contributed by atoms with Crippen molar-refractivity contribution in [3.05, 3.63) is 12.3 Å². The van der Waals surface area contributed by atoms with Crippen LogP contribution in [0.2, 0.25) is 0 Å². The molecule has 0 aliphatic carbocycles. The fourth-order valence-corrected chi connectivity index (χ4v) is 0.423. The van der Waals surface area contributed by atoms with E-state index in [-0.39, 0.29) is 5.78 Å². The van der Waals surface area contributed by atoms with Crippen LogP contribution in [0.15, 0.2) is 12.3 Å². The summed E-state index contributed by atoms with van der Waals surface area (Å²) >= 11 is 5.34. The molecule has 0 aliphatic rings. The molecule has 0 fully saturated rings. The van der Waals surface area contributed by atoms with Gasteiger partial charge in [-0.15, -0.1) is 11.6 Å². The Morgan fingerprint density at radius 1 is 1.78 bits per heavy atom. The average molecular weight is 148 g/mol. The summed E-state index contributed by atoms with van der Waals surface area (Å²) in [7, 11) is 0. The summed E-state index contributed by atoms with van der Waals surface area (Å²) in [6, 6.07) is 0. The predicted molar refractivity (Wildman–Crippen MR) is 38.5 cm³/mol.